The molecular weight excluding hydrogens is 526 g/mol. The Bertz CT molecular complexity index is 1350. The number of fused-ring (bicyclic) bond motifs is 3. The van der Waals surface area contributed by atoms with Gasteiger partial charge in [0.1, 0.15) is 16.8 Å². The van der Waals surface area contributed by atoms with E-state index < -0.39 is 6.09 Å². The number of aliphatic hydroxyl groups excluding tert-OH is 1. The Hall–Kier alpha value is -3.55. The Kier molecular flexibility index (Phi) is 9.15. The minimum atomic E-state index is -0.636. The zero-order valence-corrected chi connectivity index (χ0v) is 24.3. The smallest absolute Gasteiger partial charge is 0.413 e. The van der Waals surface area contributed by atoms with E-state index in [-0.39, 0.29) is 18.6 Å². The van der Waals surface area contributed by atoms with Gasteiger partial charge in [0.05, 0.1) is 39.3 Å². The van der Waals surface area contributed by atoms with Crippen LogP contribution in [0.2, 0.25) is 0 Å². The molecule has 0 aromatic carbocycles. The molecule has 0 spiro atoms. The first-order chi connectivity index (χ1) is 20.0. The van der Waals surface area contributed by atoms with Crippen LogP contribution in [-0.4, -0.2) is 104 Å². The van der Waals surface area contributed by atoms with Gasteiger partial charge in [-0.2, -0.15) is 10.1 Å². The summed E-state index contributed by atoms with van der Waals surface area (Å²) in [5.41, 5.74) is 3.19. The van der Waals surface area contributed by atoms with Crippen molar-refractivity contribution < 1.29 is 19.4 Å². The van der Waals surface area contributed by atoms with Crippen molar-refractivity contribution >= 4 is 28.9 Å². The number of rotatable bonds is 13. The first-order valence-corrected chi connectivity index (χ1v) is 14.4. The molecule has 3 aromatic rings. The summed E-state index contributed by atoms with van der Waals surface area (Å²) in [6, 6.07) is 3.23. The number of methoxy groups -OCH3 is 2. The van der Waals surface area contributed by atoms with Gasteiger partial charge in [0.25, 0.3) is 0 Å². The number of carbonyl (C=O) groups excluding carboxylic acids is 1. The summed E-state index contributed by atoms with van der Waals surface area (Å²) in [6.07, 6.45) is 6.97. The number of hydrogen-bond donors (Lipinski definition) is 3. The van der Waals surface area contributed by atoms with Crippen molar-refractivity contribution in [1.82, 2.24) is 34.5 Å². The Balaban J connectivity index is 1.38. The van der Waals surface area contributed by atoms with E-state index in [2.05, 4.69) is 49.3 Å². The van der Waals surface area contributed by atoms with Gasteiger partial charge in [-0.15, -0.1) is 0 Å². The van der Waals surface area contributed by atoms with Crippen LogP contribution >= 0.6 is 0 Å². The number of aliphatic hydroxyl groups is 1. The van der Waals surface area contributed by atoms with Crippen LogP contribution in [-0.2, 0) is 17.8 Å². The number of nitrogens with one attached hydrogen (secondary N) is 2. The highest BCUT2D eigenvalue weighted by Gasteiger charge is 2.42. The van der Waals surface area contributed by atoms with Crippen molar-refractivity contribution in [3.05, 3.63) is 29.7 Å². The minimum Gasteiger partial charge on any atom is -0.496 e. The molecule has 3 aromatic heterocycles. The van der Waals surface area contributed by atoms with Gasteiger partial charge >= 0.3 is 6.09 Å². The summed E-state index contributed by atoms with van der Waals surface area (Å²) in [7, 11) is 2.97. The third-order valence-corrected chi connectivity index (χ3v) is 8.12. The molecule has 13 heteroatoms. The number of anilines is 2. The predicted molar refractivity (Wildman–Crippen MR) is 155 cm³/mol. The largest absolute Gasteiger partial charge is 0.496 e. The second-order valence-electron chi connectivity index (χ2n) is 10.8. The van der Waals surface area contributed by atoms with Crippen LogP contribution in [0.25, 0.3) is 11.0 Å². The Morgan fingerprint density at radius 1 is 1.15 bits per heavy atom. The van der Waals surface area contributed by atoms with E-state index >= 15 is 0 Å². The molecule has 0 unspecified atom stereocenters. The lowest BCUT2D eigenvalue weighted by molar-refractivity contribution is 0.104. The van der Waals surface area contributed by atoms with Gasteiger partial charge in [0.2, 0.25) is 5.95 Å². The van der Waals surface area contributed by atoms with Crippen LogP contribution in [0.15, 0.2) is 18.5 Å². The van der Waals surface area contributed by atoms with Crippen LogP contribution in [0.3, 0.4) is 0 Å². The number of aromatic nitrogens is 5. The Morgan fingerprint density at radius 2 is 1.95 bits per heavy atom. The Labute approximate surface area is 240 Å². The van der Waals surface area contributed by atoms with E-state index in [9.17, 15) is 9.90 Å². The molecule has 2 saturated heterocycles. The van der Waals surface area contributed by atoms with E-state index in [0.29, 0.717) is 30.0 Å². The zero-order valence-electron chi connectivity index (χ0n) is 24.3. The highest BCUT2D eigenvalue weighted by atomic mass is 16.5. The highest BCUT2D eigenvalue weighted by molar-refractivity contribution is 5.89. The van der Waals surface area contributed by atoms with Crippen molar-refractivity contribution in [3.8, 4) is 5.75 Å². The lowest BCUT2D eigenvalue weighted by atomic mass is 10.1. The molecule has 41 heavy (non-hydrogen) atoms. The quantitative estimate of drug-likeness (QED) is 0.281. The Morgan fingerprint density at radius 3 is 2.63 bits per heavy atom. The van der Waals surface area contributed by atoms with Gasteiger partial charge < -0.3 is 19.9 Å². The maximum absolute atomic E-state index is 11.9. The molecule has 3 atom stereocenters. The first-order valence-electron chi connectivity index (χ1n) is 14.4. The molecule has 5 heterocycles. The summed E-state index contributed by atoms with van der Waals surface area (Å²) >= 11 is 0. The monoisotopic (exact) mass is 567 g/mol. The molecule has 2 aliphatic heterocycles. The molecule has 2 fully saturated rings. The number of piperazine rings is 1. The summed E-state index contributed by atoms with van der Waals surface area (Å²) in [6.45, 7) is 8.42. The van der Waals surface area contributed by atoms with Gasteiger partial charge in [-0.05, 0) is 19.3 Å². The van der Waals surface area contributed by atoms with Gasteiger partial charge in [0, 0.05) is 62.1 Å². The zero-order chi connectivity index (χ0) is 28.9. The van der Waals surface area contributed by atoms with Crippen LogP contribution in [0.4, 0.5) is 16.6 Å². The van der Waals surface area contributed by atoms with Crippen molar-refractivity contribution in [2.75, 3.05) is 51.1 Å². The molecule has 1 amide bonds. The SMILES string of the molecule is CCC[C@@H](CC)Nc1nc(NC(=O)OC)nc2cnn(Cc3cnc(CN4C[C@@H]5C[C@H]4CN5CCO)cc3OC)c12. The summed E-state index contributed by atoms with van der Waals surface area (Å²) in [4.78, 5) is 30.6. The molecule has 0 saturated carbocycles. The van der Waals surface area contributed by atoms with Gasteiger partial charge in [0.15, 0.2) is 5.82 Å². The van der Waals surface area contributed by atoms with E-state index in [1.165, 1.54) is 7.11 Å². The fraction of sp³-hybridized carbons (Fsp3) is 0.607. The number of β-amino-alcohol motifs (C(OH)–C–C–N with tert-alkyl or cyclic N) is 1. The van der Waals surface area contributed by atoms with Crippen LogP contribution in [0, 0.1) is 0 Å². The standard InChI is InChI=1S/C28H41N9O4/c1-5-7-19(6-2)31-26-25-23(32-27(33-26)34-28(39)41-4)13-30-37(25)14-18-12-29-20(10-24(18)40-3)15-36-17-21-11-22(36)16-35(21)8-9-38/h10,12-13,19,21-22,38H,5-9,11,14-17H2,1-4H3,(H2,31,32,33,34,39)/t19-,21+,22+/m1/s1. The fourth-order valence-electron chi connectivity index (χ4n) is 6.04. The van der Waals surface area contributed by atoms with Crippen molar-refractivity contribution in [1.29, 1.82) is 0 Å². The number of amides is 1. The summed E-state index contributed by atoms with van der Waals surface area (Å²) in [5.74, 6) is 1.50. The molecule has 5 rings (SSSR count). The van der Waals surface area contributed by atoms with Crippen molar-refractivity contribution in [2.45, 2.75) is 70.7 Å². The van der Waals surface area contributed by atoms with Crippen LogP contribution in [0.5, 0.6) is 5.75 Å². The summed E-state index contributed by atoms with van der Waals surface area (Å²) < 4.78 is 12.4. The van der Waals surface area contributed by atoms with E-state index in [4.69, 9.17) is 14.5 Å². The first kappa shape index (κ1) is 29.0. The van der Waals surface area contributed by atoms with Crippen LogP contribution in [0.1, 0.15) is 50.8 Å². The number of likely N-dealkylation sites (tertiary alicyclic amines) is 2. The second kappa shape index (κ2) is 13.0. The molecule has 2 bridgehead atoms. The lowest BCUT2D eigenvalue weighted by Crippen LogP contribution is -2.46. The molecule has 2 aliphatic rings. The van der Waals surface area contributed by atoms with E-state index in [0.717, 1.165) is 74.4 Å². The maximum Gasteiger partial charge on any atom is 0.413 e. The normalized spacial score (nSPS) is 19.5. The number of pyridine rings is 1. The molecule has 13 nitrogen and oxygen atoms in total. The number of hydrogen-bond acceptors (Lipinski definition) is 11. The van der Waals surface area contributed by atoms with Gasteiger partial charge in [-0.25, -0.2) is 9.78 Å². The molecule has 222 valence electrons. The average Bonchev–Trinajstić information content (AvgIpc) is 3.68. The third kappa shape index (κ3) is 6.36. The van der Waals surface area contributed by atoms with E-state index in [1.807, 2.05) is 16.9 Å². The second-order valence-corrected chi connectivity index (χ2v) is 10.8. The number of ether oxygens (including phenoxy) is 2. The highest BCUT2D eigenvalue weighted by Crippen LogP contribution is 2.32. The number of carbonyl (C=O) groups is 1. The van der Waals surface area contributed by atoms with Gasteiger partial charge in [-0.1, -0.05) is 20.3 Å². The molecule has 0 aliphatic carbocycles. The minimum absolute atomic E-state index is 0.149. The third-order valence-electron chi connectivity index (χ3n) is 8.12. The molecule has 0 radical (unpaired) electrons. The topological polar surface area (TPSA) is 143 Å². The number of nitrogens with zero attached hydrogens (tertiary/aromatic N) is 7. The fourth-order valence-corrected chi connectivity index (χ4v) is 6.04. The van der Waals surface area contributed by atoms with Crippen molar-refractivity contribution in [2.24, 2.45) is 0 Å². The predicted octanol–water partition coefficient (Wildman–Crippen LogP) is 2.70. The molecular formula is C28H41N9O4. The maximum atomic E-state index is 11.9. The van der Waals surface area contributed by atoms with E-state index in [1.54, 1.807) is 13.3 Å². The average molecular weight is 568 g/mol. The molecule has 3 N–H and O–H groups in total. The van der Waals surface area contributed by atoms with Crippen LogP contribution < -0.4 is 15.4 Å². The van der Waals surface area contributed by atoms with Crippen molar-refractivity contribution in [3.63, 3.8) is 0 Å². The van der Waals surface area contributed by atoms with Gasteiger partial charge in [-0.3, -0.25) is 24.8 Å². The summed E-state index contributed by atoms with van der Waals surface area (Å²) in [5, 5.41) is 20.0. The lowest BCUT2D eigenvalue weighted by Gasteiger charge is -2.33.